The number of rotatable bonds is 5. The van der Waals surface area contributed by atoms with Crippen LogP contribution in [0.5, 0.6) is 0 Å². The van der Waals surface area contributed by atoms with E-state index in [0.29, 0.717) is 30.3 Å². The van der Waals surface area contributed by atoms with Crippen LogP contribution in [0.25, 0.3) is 22.5 Å². The lowest BCUT2D eigenvalue weighted by Crippen LogP contribution is -2.52. The minimum Gasteiger partial charge on any atom is -0.402 e. The fourth-order valence-corrected chi connectivity index (χ4v) is 4.48. The molecule has 2 aliphatic carbocycles. The summed E-state index contributed by atoms with van der Waals surface area (Å²) in [5.74, 6) is 1.02. The molecular weight excluding hydrogens is 395 g/mol. The smallest absolute Gasteiger partial charge is 0.316 e. The Morgan fingerprint density at radius 1 is 1.19 bits per heavy atom. The molecule has 0 bridgehead atoms. The molecule has 2 fully saturated rings. The number of nitrogens with one attached hydrogen (secondary N) is 1. The molecule has 0 unspecified atom stereocenters. The fraction of sp³-hybridized carbons (Fsp3) is 0.542. The van der Waals surface area contributed by atoms with E-state index in [2.05, 4.69) is 55.3 Å². The second kappa shape index (κ2) is 6.99. The van der Waals surface area contributed by atoms with Crippen molar-refractivity contribution in [1.29, 1.82) is 0 Å². The summed E-state index contributed by atoms with van der Waals surface area (Å²) in [6.45, 7) is 8.01. The van der Waals surface area contributed by atoms with Crippen LogP contribution in [0.3, 0.4) is 0 Å². The van der Waals surface area contributed by atoms with E-state index in [-0.39, 0.29) is 17.5 Å². The minimum atomic E-state index is -1.22. The Bertz CT molecular complexity index is 1140. The van der Waals surface area contributed by atoms with E-state index in [0.717, 1.165) is 11.1 Å². The molecule has 31 heavy (non-hydrogen) atoms. The Hall–Kier alpha value is -2.54. The Kier molecular flexibility index (Phi) is 4.59. The summed E-state index contributed by atoms with van der Waals surface area (Å²) < 4.78 is 18.6. The maximum absolute atomic E-state index is 12.8. The van der Waals surface area contributed by atoms with Gasteiger partial charge in [-0.2, -0.15) is 0 Å². The first-order valence-electron chi connectivity index (χ1n) is 11.0. The van der Waals surface area contributed by atoms with Gasteiger partial charge in [-0.25, -0.2) is 9.37 Å². The molecule has 0 aliphatic heterocycles. The zero-order valence-corrected chi connectivity index (χ0v) is 18.5. The lowest BCUT2D eigenvalue weighted by molar-refractivity contribution is -0.0592. The molecule has 3 aromatic rings. The molecule has 7 heteroatoms. The summed E-state index contributed by atoms with van der Waals surface area (Å²) in [4.78, 5) is 4.94. The summed E-state index contributed by atoms with van der Waals surface area (Å²) in [6, 6.07) is 6.79. The molecule has 6 nitrogen and oxygen atoms in total. The number of nitrogens with zero attached hydrogens (tertiary/aromatic N) is 3. The van der Waals surface area contributed by atoms with Gasteiger partial charge in [0.1, 0.15) is 12.4 Å². The van der Waals surface area contributed by atoms with Crippen LogP contribution in [-0.2, 0) is 5.41 Å². The Morgan fingerprint density at radius 3 is 2.58 bits per heavy atom. The number of halogens is 1. The number of aromatic nitrogens is 3. The van der Waals surface area contributed by atoms with Crippen molar-refractivity contribution in [2.24, 2.45) is 0 Å². The van der Waals surface area contributed by atoms with Crippen molar-refractivity contribution in [1.82, 2.24) is 15.2 Å². The number of fused-ring (bicyclic) bond motifs is 1. The standard InChI is InChI=1S/C24H29FN4O2/c1-13-7-19(21-28-29-22(31-21)26-16-10-24(30,11-16)12-25)27-20-17(13)8-15(14-5-6-14)9-18(20)23(2,3)4/h7-9,14,16,30H,5-6,10-12H2,1-4H3,(H,26,29)/t16-,24-. The number of benzene rings is 1. The van der Waals surface area contributed by atoms with E-state index in [9.17, 15) is 9.50 Å². The summed E-state index contributed by atoms with van der Waals surface area (Å²) in [6.07, 6.45) is 3.18. The topological polar surface area (TPSA) is 84.1 Å². The van der Waals surface area contributed by atoms with Gasteiger partial charge in [0.25, 0.3) is 5.89 Å². The van der Waals surface area contributed by atoms with Crippen molar-refractivity contribution >= 4 is 16.9 Å². The predicted molar refractivity (Wildman–Crippen MR) is 118 cm³/mol. The molecule has 1 aromatic carbocycles. The average Bonchev–Trinajstić information content (AvgIpc) is 3.44. The maximum Gasteiger partial charge on any atom is 0.316 e. The first kappa shape index (κ1) is 20.4. The summed E-state index contributed by atoms with van der Waals surface area (Å²) >= 11 is 0. The van der Waals surface area contributed by atoms with E-state index >= 15 is 0 Å². The van der Waals surface area contributed by atoms with Gasteiger partial charge in [-0.15, -0.1) is 5.10 Å². The average molecular weight is 425 g/mol. The van der Waals surface area contributed by atoms with Crippen LogP contribution in [0.1, 0.15) is 69.1 Å². The van der Waals surface area contributed by atoms with Crippen molar-refractivity contribution in [3.63, 3.8) is 0 Å². The quantitative estimate of drug-likeness (QED) is 0.597. The largest absolute Gasteiger partial charge is 0.402 e. The molecule has 0 atom stereocenters. The van der Waals surface area contributed by atoms with Gasteiger partial charge in [0.2, 0.25) is 0 Å². The van der Waals surface area contributed by atoms with Gasteiger partial charge < -0.3 is 14.8 Å². The molecule has 2 N–H and O–H groups in total. The highest BCUT2D eigenvalue weighted by molar-refractivity contribution is 5.88. The van der Waals surface area contributed by atoms with Gasteiger partial charge in [0, 0.05) is 11.4 Å². The number of hydrogen-bond donors (Lipinski definition) is 2. The van der Waals surface area contributed by atoms with Gasteiger partial charge in [0.15, 0.2) is 0 Å². The molecule has 0 amide bonds. The van der Waals surface area contributed by atoms with Crippen molar-refractivity contribution in [2.45, 2.75) is 76.4 Å². The third-order valence-electron chi connectivity index (χ3n) is 6.47. The van der Waals surface area contributed by atoms with Crippen molar-refractivity contribution in [3.05, 3.63) is 34.9 Å². The molecule has 2 aliphatic rings. The van der Waals surface area contributed by atoms with Crippen LogP contribution < -0.4 is 5.32 Å². The van der Waals surface area contributed by atoms with E-state index in [1.165, 1.54) is 29.4 Å². The third-order valence-corrected chi connectivity index (χ3v) is 6.47. The zero-order valence-electron chi connectivity index (χ0n) is 18.5. The van der Waals surface area contributed by atoms with Crippen LogP contribution in [0.2, 0.25) is 0 Å². The lowest BCUT2D eigenvalue weighted by Gasteiger charge is -2.41. The summed E-state index contributed by atoms with van der Waals surface area (Å²) in [5.41, 5.74) is 4.13. The summed E-state index contributed by atoms with van der Waals surface area (Å²) in [7, 11) is 0. The molecule has 164 valence electrons. The van der Waals surface area contributed by atoms with E-state index in [1.807, 2.05) is 6.07 Å². The SMILES string of the molecule is Cc1cc(-c2nnc(N[C@H]3C[C@@](O)(CF)C3)o2)nc2c(C(C)(C)C)cc(C3CC3)cc12. The number of pyridine rings is 1. The number of hydrogen-bond acceptors (Lipinski definition) is 6. The second-order valence-corrected chi connectivity index (χ2v) is 10.3. The van der Waals surface area contributed by atoms with Crippen molar-refractivity contribution < 1.29 is 13.9 Å². The number of aryl methyl sites for hydroxylation is 1. The summed E-state index contributed by atoms with van der Waals surface area (Å²) in [5, 5.41) is 22.3. The molecule has 0 saturated heterocycles. The highest BCUT2D eigenvalue weighted by Gasteiger charge is 2.43. The number of anilines is 1. The third kappa shape index (κ3) is 3.80. The highest BCUT2D eigenvalue weighted by Crippen LogP contribution is 2.44. The van der Waals surface area contributed by atoms with E-state index in [1.54, 1.807) is 0 Å². The van der Waals surface area contributed by atoms with Gasteiger partial charge in [0.05, 0.1) is 11.1 Å². The van der Waals surface area contributed by atoms with Gasteiger partial charge in [-0.05, 0) is 72.8 Å². The second-order valence-electron chi connectivity index (χ2n) is 10.3. The normalized spacial score (nSPS) is 23.7. The fourth-order valence-electron chi connectivity index (χ4n) is 4.48. The van der Waals surface area contributed by atoms with Crippen LogP contribution in [0.15, 0.2) is 22.6 Å². The monoisotopic (exact) mass is 424 g/mol. The number of aliphatic hydroxyl groups is 1. The van der Waals surface area contributed by atoms with E-state index < -0.39 is 12.3 Å². The maximum atomic E-state index is 12.8. The van der Waals surface area contributed by atoms with Crippen LogP contribution in [-0.4, -0.2) is 38.6 Å². The molecule has 2 aromatic heterocycles. The predicted octanol–water partition coefficient (Wildman–Crippen LogP) is 5.04. The minimum absolute atomic E-state index is 0.0415. The Balaban J connectivity index is 1.48. The molecule has 2 heterocycles. The lowest BCUT2D eigenvalue weighted by atomic mass is 9.77. The highest BCUT2D eigenvalue weighted by atomic mass is 19.1. The van der Waals surface area contributed by atoms with Gasteiger partial charge in [-0.1, -0.05) is 31.9 Å². The molecular formula is C24H29FN4O2. The van der Waals surface area contributed by atoms with Gasteiger partial charge >= 0.3 is 6.01 Å². The first-order chi connectivity index (χ1) is 14.6. The zero-order chi connectivity index (χ0) is 22.0. The van der Waals surface area contributed by atoms with Gasteiger partial charge in [-0.3, -0.25) is 0 Å². The van der Waals surface area contributed by atoms with Crippen molar-refractivity contribution in [2.75, 3.05) is 12.0 Å². The van der Waals surface area contributed by atoms with Crippen molar-refractivity contribution in [3.8, 4) is 11.6 Å². The molecule has 0 radical (unpaired) electrons. The van der Waals surface area contributed by atoms with Crippen LogP contribution in [0.4, 0.5) is 10.4 Å². The molecule has 5 rings (SSSR count). The van der Waals surface area contributed by atoms with E-state index in [4.69, 9.17) is 9.40 Å². The molecule has 2 saturated carbocycles. The Morgan fingerprint density at radius 2 is 1.94 bits per heavy atom. The number of alkyl halides is 1. The van der Waals surface area contributed by atoms with Crippen LogP contribution >= 0.6 is 0 Å². The Labute approximate surface area is 181 Å². The first-order valence-corrected chi connectivity index (χ1v) is 11.0. The van der Waals surface area contributed by atoms with Crippen LogP contribution in [0, 0.1) is 6.92 Å². The molecule has 0 spiro atoms.